The van der Waals surface area contributed by atoms with Crippen molar-refractivity contribution < 1.29 is 32.2 Å². The van der Waals surface area contributed by atoms with E-state index < -0.39 is 16.1 Å². The molecule has 1 aliphatic rings. The second kappa shape index (κ2) is 14.6. The van der Waals surface area contributed by atoms with E-state index in [1.807, 2.05) is 20.8 Å². The highest BCUT2D eigenvalue weighted by Crippen LogP contribution is 2.16. The van der Waals surface area contributed by atoms with Gasteiger partial charge in [0.15, 0.2) is 0 Å². The maximum Gasteiger partial charge on any atom is 0.241 e. The predicted octanol–water partition coefficient (Wildman–Crippen LogP) is 1.60. The molecule has 0 radical (unpaired) electrons. The molecule has 1 aliphatic heterocycles. The van der Waals surface area contributed by atoms with E-state index in [1.165, 1.54) is 0 Å². The van der Waals surface area contributed by atoms with E-state index in [0.29, 0.717) is 72.4 Å². The first-order valence-electron chi connectivity index (χ1n) is 11.5. The Balaban J connectivity index is 2.12. The summed E-state index contributed by atoms with van der Waals surface area (Å²) in [5.74, 6) is -0.484. The fourth-order valence-electron chi connectivity index (χ4n) is 3.24. The van der Waals surface area contributed by atoms with Gasteiger partial charge >= 0.3 is 0 Å². The van der Waals surface area contributed by atoms with Crippen LogP contribution in [0.4, 0.5) is 0 Å². The van der Waals surface area contributed by atoms with Gasteiger partial charge in [0.2, 0.25) is 15.9 Å². The van der Waals surface area contributed by atoms with Crippen molar-refractivity contribution in [2.24, 2.45) is 5.92 Å². The number of nitrogens with one attached hydrogen (secondary N) is 1. The van der Waals surface area contributed by atoms with Crippen LogP contribution in [0.2, 0.25) is 0 Å². The smallest absolute Gasteiger partial charge is 0.241 e. The number of rotatable bonds is 6. The average molecular weight is 487 g/mol. The molecule has 33 heavy (non-hydrogen) atoms. The summed E-state index contributed by atoms with van der Waals surface area (Å²) < 4.78 is 50.7. The highest BCUT2D eigenvalue weighted by atomic mass is 32.2. The Hall–Kier alpha value is -1.56. The lowest BCUT2D eigenvalue weighted by atomic mass is 9.99. The summed E-state index contributed by atoms with van der Waals surface area (Å²) in [4.78, 5) is 15.2. The molecular weight excluding hydrogens is 448 g/mol. The first-order chi connectivity index (χ1) is 15.8. The van der Waals surface area contributed by atoms with Gasteiger partial charge in [-0.25, -0.2) is 8.42 Å². The van der Waals surface area contributed by atoms with Crippen molar-refractivity contribution in [3.63, 3.8) is 0 Å². The quantitative estimate of drug-likeness (QED) is 0.651. The number of ether oxygens (including phenoxy) is 4. The van der Waals surface area contributed by atoms with E-state index in [9.17, 15) is 13.2 Å². The maximum atomic E-state index is 13.5. The lowest BCUT2D eigenvalue weighted by Gasteiger charge is -2.30. The molecule has 2 atom stereocenters. The third-order valence-corrected chi connectivity index (χ3v) is 6.99. The fourth-order valence-corrected chi connectivity index (χ4v) is 4.54. The molecule has 1 N–H and O–H groups in total. The third-order valence-electron chi connectivity index (χ3n) is 5.53. The van der Waals surface area contributed by atoms with Gasteiger partial charge in [0.05, 0.1) is 57.8 Å². The van der Waals surface area contributed by atoms with Crippen LogP contribution >= 0.6 is 0 Å². The molecule has 9 nitrogen and oxygen atoms in total. The van der Waals surface area contributed by atoms with Gasteiger partial charge in [0, 0.05) is 13.1 Å². The lowest BCUT2D eigenvalue weighted by Crippen LogP contribution is -2.53. The average Bonchev–Trinajstić information content (AvgIpc) is 2.81. The number of sulfonamides is 1. The Morgan fingerprint density at radius 2 is 1.36 bits per heavy atom. The van der Waals surface area contributed by atoms with Crippen LogP contribution in [0.25, 0.3) is 0 Å². The molecule has 0 unspecified atom stereocenters. The second-order valence-electron chi connectivity index (χ2n) is 8.07. The van der Waals surface area contributed by atoms with Crippen LogP contribution in [-0.2, 0) is 33.8 Å². The molecule has 1 amide bonds. The van der Waals surface area contributed by atoms with Crippen molar-refractivity contribution in [1.82, 2.24) is 9.62 Å². The summed E-state index contributed by atoms with van der Waals surface area (Å²) in [6.45, 7) is 9.69. The molecule has 188 valence electrons. The van der Waals surface area contributed by atoms with Crippen LogP contribution in [0.15, 0.2) is 29.2 Å². The summed E-state index contributed by atoms with van der Waals surface area (Å²) in [7, 11) is -3.86. The Kier molecular flexibility index (Phi) is 12.3. The Bertz CT molecular complexity index is 786. The number of hydrogen-bond donors (Lipinski definition) is 1. The molecule has 1 aromatic rings. The van der Waals surface area contributed by atoms with E-state index in [0.717, 1.165) is 5.56 Å². The molecule has 1 aromatic carbocycles. The van der Waals surface area contributed by atoms with E-state index in [-0.39, 0.29) is 16.7 Å². The van der Waals surface area contributed by atoms with Crippen LogP contribution < -0.4 is 4.72 Å². The summed E-state index contributed by atoms with van der Waals surface area (Å²) >= 11 is 0. The molecule has 0 spiro atoms. The highest BCUT2D eigenvalue weighted by Gasteiger charge is 2.32. The van der Waals surface area contributed by atoms with E-state index in [2.05, 4.69) is 4.72 Å². The molecule has 0 saturated carbocycles. The Labute approximate surface area is 197 Å². The number of nitrogens with zero attached hydrogens (tertiary/aromatic N) is 1. The maximum absolute atomic E-state index is 13.5. The summed E-state index contributed by atoms with van der Waals surface area (Å²) in [6.07, 6.45) is 0.641. The highest BCUT2D eigenvalue weighted by molar-refractivity contribution is 7.89. The van der Waals surface area contributed by atoms with Crippen LogP contribution in [0.5, 0.6) is 0 Å². The van der Waals surface area contributed by atoms with Crippen molar-refractivity contribution in [2.45, 2.75) is 38.1 Å². The Morgan fingerprint density at radius 3 is 1.82 bits per heavy atom. The normalized spacial score (nSPS) is 19.8. The lowest BCUT2D eigenvalue weighted by molar-refractivity contribution is -0.136. The van der Waals surface area contributed by atoms with Gasteiger partial charge in [0.25, 0.3) is 0 Å². The molecule has 1 saturated heterocycles. The van der Waals surface area contributed by atoms with Gasteiger partial charge in [-0.3, -0.25) is 4.79 Å². The van der Waals surface area contributed by atoms with Crippen molar-refractivity contribution in [1.29, 1.82) is 0 Å². The number of aryl methyl sites for hydroxylation is 1. The topological polar surface area (TPSA) is 103 Å². The summed E-state index contributed by atoms with van der Waals surface area (Å²) in [5.41, 5.74) is 0.959. The molecule has 0 aromatic heterocycles. The zero-order valence-corrected chi connectivity index (χ0v) is 20.8. The summed E-state index contributed by atoms with van der Waals surface area (Å²) in [6, 6.07) is 5.67. The largest absolute Gasteiger partial charge is 0.377 e. The minimum atomic E-state index is -3.86. The van der Waals surface area contributed by atoms with Gasteiger partial charge < -0.3 is 23.8 Å². The molecule has 0 bridgehead atoms. The number of carbonyl (C=O) groups excluding carboxylic acids is 1. The van der Waals surface area contributed by atoms with Crippen molar-refractivity contribution in [3.8, 4) is 0 Å². The van der Waals surface area contributed by atoms with E-state index in [4.69, 9.17) is 18.9 Å². The zero-order valence-electron chi connectivity index (χ0n) is 20.0. The number of benzene rings is 1. The molecule has 1 fully saturated rings. The predicted molar refractivity (Wildman–Crippen MR) is 125 cm³/mol. The van der Waals surface area contributed by atoms with Crippen molar-refractivity contribution >= 4 is 15.9 Å². The van der Waals surface area contributed by atoms with Crippen molar-refractivity contribution in [2.75, 3.05) is 65.9 Å². The fraction of sp³-hybridized carbons (Fsp3) is 0.696. The van der Waals surface area contributed by atoms with Gasteiger partial charge in [-0.2, -0.15) is 4.72 Å². The number of hydrogen-bond acceptors (Lipinski definition) is 7. The van der Waals surface area contributed by atoms with Crippen LogP contribution in [0.3, 0.4) is 0 Å². The standard InChI is InChI=1S/C23H38N2O7S/c1-4-20(3)22(24-33(27,28)21-7-5-19(2)6-8-21)23(26)25-9-11-29-13-15-31-17-18-32-16-14-30-12-10-25/h5-8,20,22,24H,4,9-18H2,1-3H3/t20-,22-/m0/s1. The molecular formula is C23H38N2O7S. The van der Waals surface area contributed by atoms with E-state index in [1.54, 1.807) is 29.2 Å². The number of carbonyl (C=O) groups is 1. The zero-order chi connectivity index (χ0) is 24.1. The second-order valence-corrected chi connectivity index (χ2v) is 9.79. The molecule has 0 aliphatic carbocycles. The number of amides is 1. The monoisotopic (exact) mass is 486 g/mol. The van der Waals surface area contributed by atoms with Gasteiger partial charge in [-0.15, -0.1) is 0 Å². The molecule has 2 rings (SSSR count). The van der Waals surface area contributed by atoms with Crippen LogP contribution in [0.1, 0.15) is 25.8 Å². The van der Waals surface area contributed by atoms with Gasteiger partial charge in [-0.05, 0) is 25.0 Å². The first-order valence-corrected chi connectivity index (χ1v) is 13.0. The van der Waals surface area contributed by atoms with Crippen LogP contribution in [0, 0.1) is 12.8 Å². The minimum Gasteiger partial charge on any atom is -0.377 e. The molecule has 10 heteroatoms. The first kappa shape index (κ1) is 27.7. The minimum absolute atomic E-state index is 0.137. The SMILES string of the molecule is CC[C@H](C)[C@H](NS(=O)(=O)c1ccc(C)cc1)C(=O)N1CCOCCOCCOCCOCC1. The van der Waals surface area contributed by atoms with Gasteiger partial charge in [0.1, 0.15) is 6.04 Å². The van der Waals surface area contributed by atoms with E-state index >= 15 is 0 Å². The van der Waals surface area contributed by atoms with Gasteiger partial charge in [-0.1, -0.05) is 38.0 Å². The summed E-state index contributed by atoms with van der Waals surface area (Å²) in [5, 5.41) is 0. The van der Waals surface area contributed by atoms with Crippen molar-refractivity contribution in [3.05, 3.63) is 29.8 Å². The van der Waals surface area contributed by atoms with Crippen LogP contribution in [-0.4, -0.2) is 91.2 Å². The molecule has 1 heterocycles. The Morgan fingerprint density at radius 1 is 0.909 bits per heavy atom. The third kappa shape index (κ3) is 9.68.